The second-order valence-corrected chi connectivity index (χ2v) is 9.31. The van der Waals surface area contributed by atoms with Gasteiger partial charge in [-0.1, -0.05) is 43.7 Å². The van der Waals surface area contributed by atoms with E-state index in [1.807, 2.05) is 52.0 Å². The van der Waals surface area contributed by atoms with Crippen LogP contribution in [0.3, 0.4) is 0 Å². The first-order valence-electron chi connectivity index (χ1n) is 12.5. The van der Waals surface area contributed by atoms with Gasteiger partial charge in [0.15, 0.2) is 0 Å². The van der Waals surface area contributed by atoms with Gasteiger partial charge in [-0.05, 0) is 50.5 Å². The van der Waals surface area contributed by atoms with Crippen LogP contribution in [0.4, 0.5) is 0 Å². The van der Waals surface area contributed by atoms with Crippen LogP contribution in [-0.4, -0.2) is 36.6 Å². The molecule has 4 rings (SSSR count). The smallest absolute Gasteiger partial charge is 0.350 e. The van der Waals surface area contributed by atoms with Gasteiger partial charge >= 0.3 is 5.69 Å². The number of nitrogens with zero attached hydrogens (tertiary/aromatic N) is 4. The fourth-order valence-electron chi connectivity index (χ4n) is 4.09. The second-order valence-electron chi connectivity index (χ2n) is 9.31. The minimum atomic E-state index is -0.560. The number of amides is 2. The van der Waals surface area contributed by atoms with Gasteiger partial charge in [0, 0.05) is 24.7 Å². The topological polar surface area (TPSA) is 120 Å². The van der Waals surface area contributed by atoms with E-state index in [9.17, 15) is 19.2 Å². The van der Waals surface area contributed by atoms with Crippen LogP contribution in [0.1, 0.15) is 55.1 Å². The summed E-state index contributed by atoms with van der Waals surface area (Å²) in [4.78, 5) is 52.1. The molecule has 10 heteroatoms. The zero-order valence-corrected chi connectivity index (χ0v) is 21.6. The molecular weight excluding hydrogens is 472 g/mol. The summed E-state index contributed by atoms with van der Waals surface area (Å²) in [5, 5.41) is 10.4. The van der Waals surface area contributed by atoms with E-state index in [4.69, 9.17) is 0 Å². The molecule has 4 aromatic rings. The third-order valence-electron chi connectivity index (χ3n) is 6.38. The Balaban J connectivity index is 1.74. The maximum absolute atomic E-state index is 13.4. The van der Waals surface area contributed by atoms with Crippen LogP contribution in [0.5, 0.6) is 0 Å². The van der Waals surface area contributed by atoms with E-state index in [1.54, 1.807) is 12.1 Å². The Kier molecular flexibility index (Phi) is 7.56. The Hall–Kier alpha value is -4.21. The maximum Gasteiger partial charge on any atom is 0.352 e. The van der Waals surface area contributed by atoms with E-state index in [0.29, 0.717) is 30.5 Å². The van der Waals surface area contributed by atoms with Crippen molar-refractivity contribution in [2.45, 2.75) is 66.2 Å². The molecule has 194 valence electrons. The van der Waals surface area contributed by atoms with Crippen LogP contribution in [0, 0.1) is 6.92 Å². The van der Waals surface area contributed by atoms with Crippen molar-refractivity contribution in [1.29, 1.82) is 0 Å². The Bertz CT molecular complexity index is 1580. The van der Waals surface area contributed by atoms with Gasteiger partial charge in [0.25, 0.3) is 11.5 Å². The fourth-order valence-corrected chi connectivity index (χ4v) is 4.09. The van der Waals surface area contributed by atoms with Gasteiger partial charge in [-0.3, -0.25) is 19.0 Å². The molecule has 0 aliphatic carbocycles. The highest BCUT2D eigenvalue weighted by Crippen LogP contribution is 2.15. The number of aromatic nitrogens is 4. The lowest BCUT2D eigenvalue weighted by Gasteiger charge is -2.13. The van der Waals surface area contributed by atoms with E-state index in [2.05, 4.69) is 15.7 Å². The molecule has 0 aliphatic heterocycles. The second kappa shape index (κ2) is 10.8. The number of hydrogen-bond acceptors (Lipinski definition) is 5. The average Bonchev–Trinajstić information content (AvgIpc) is 3.21. The van der Waals surface area contributed by atoms with Crippen molar-refractivity contribution in [2.75, 3.05) is 0 Å². The maximum atomic E-state index is 13.4. The molecule has 0 fully saturated rings. The molecule has 1 atom stereocenters. The fraction of sp³-hybridized carbons (Fsp3) is 0.370. The molecule has 2 aromatic carbocycles. The van der Waals surface area contributed by atoms with E-state index in [1.165, 1.54) is 15.0 Å². The summed E-state index contributed by atoms with van der Waals surface area (Å²) in [5.74, 6) is -0.540. The molecule has 0 saturated carbocycles. The van der Waals surface area contributed by atoms with Crippen molar-refractivity contribution in [3.05, 3.63) is 80.0 Å². The van der Waals surface area contributed by atoms with Gasteiger partial charge in [-0.2, -0.15) is 0 Å². The third kappa shape index (κ3) is 5.32. The van der Waals surface area contributed by atoms with Crippen molar-refractivity contribution in [3.63, 3.8) is 0 Å². The van der Waals surface area contributed by atoms with Crippen molar-refractivity contribution >= 4 is 28.5 Å². The molecule has 2 heterocycles. The zero-order chi connectivity index (χ0) is 26.7. The van der Waals surface area contributed by atoms with E-state index < -0.39 is 5.69 Å². The van der Waals surface area contributed by atoms with Crippen molar-refractivity contribution in [3.8, 4) is 0 Å². The molecule has 0 aliphatic rings. The third-order valence-corrected chi connectivity index (χ3v) is 6.38. The molecule has 10 nitrogen and oxygen atoms in total. The van der Waals surface area contributed by atoms with Crippen molar-refractivity contribution < 1.29 is 9.59 Å². The van der Waals surface area contributed by atoms with Gasteiger partial charge in [-0.15, -0.1) is 5.10 Å². The standard InChI is InChI=1S/C27H32N6O4/c1-5-13-31-25(36)21-12-11-20(24(35)29-18(4)6-2)14-22(21)33-26(31)30-32(27(33)37)16-23(34)28-15-19-9-7-17(3)8-10-19/h7-12,14,18H,5-6,13,15-16H2,1-4H3,(H,28,34)(H,29,35). The normalized spacial score (nSPS) is 12.1. The average molecular weight is 505 g/mol. The highest BCUT2D eigenvalue weighted by molar-refractivity contribution is 5.98. The van der Waals surface area contributed by atoms with Crippen molar-refractivity contribution in [2.24, 2.45) is 0 Å². The molecule has 2 aromatic heterocycles. The molecule has 0 spiro atoms. The summed E-state index contributed by atoms with van der Waals surface area (Å²) in [6.07, 6.45) is 1.41. The molecular formula is C27H32N6O4. The summed E-state index contributed by atoms with van der Waals surface area (Å²) in [6.45, 7) is 8.14. The Labute approximate surface area is 213 Å². The van der Waals surface area contributed by atoms with Crippen LogP contribution < -0.4 is 21.9 Å². The lowest BCUT2D eigenvalue weighted by Crippen LogP contribution is -2.33. The van der Waals surface area contributed by atoms with Crippen LogP contribution >= 0.6 is 0 Å². The summed E-state index contributed by atoms with van der Waals surface area (Å²) in [6, 6.07) is 12.4. The predicted octanol–water partition coefficient (Wildman–Crippen LogP) is 2.37. The van der Waals surface area contributed by atoms with Gasteiger partial charge < -0.3 is 10.6 Å². The highest BCUT2D eigenvalue weighted by Gasteiger charge is 2.20. The van der Waals surface area contributed by atoms with E-state index >= 15 is 0 Å². The number of carbonyl (C=O) groups excluding carboxylic acids is 2. The summed E-state index contributed by atoms with van der Waals surface area (Å²) >= 11 is 0. The quantitative estimate of drug-likeness (QED) is 0.363. The number of aryl methyl sites for hydroxylation is 2. The first kappa shape index (κ1) is 25.9. The number of carbonyl (C=O) groups is 2. The van der Waals surface area contributed by atoms with E-state index in [0.717, 1.165) is 22.2 Å². The number of benzene rings is 2. The van der Waals surface area contributed by atoms with Gasteiger partial charge in [0.05, 0.1) is 10.9 Å². The zero-order valence-electron chi connectivity index (χ0n) is 21.6. The molecule has 0 radical (unpaired) electrons. The van der Waals surface area contributed by atoms with Gasteiger partial charge in [0.2, 0.25) is 11.7 Å². The minimum Gasteiger partial charge on any atom is -0.350 e. The van der Waals surface area contributed by atoms with Crippen LogP contribution in [0.25, 0.3) is 16.7 Å². The molecule has 1 unspecified atom stereocenters. The van der Waals surface area contributed by atoms with Crippen LogP contribution in [0.15, 0.2) is 52.1 Å². The molecule has 0 bridgehead atoms. The van der Waals surface area contributed by atoms with E-state index in [-0.39, 0.29) is 41.3 Å². The molecule has 37 heavy (non-hydrogen) atoms. The predicted molar refractivity (Wildman–Crippen MR) is 142 cm³/mol. The van der Waals surface area contributed by atoms with Crippen LogP contribution in [-0.2, 0) is 24.4 Å². The largest absolute Gasteiger partial charge is 0.352 e. The first-order chi connectivity index (χ1) is 17.7. The minimum absolute atomic E-state index is 0.0235. The Morgan fingerprint density at radius 3 is 2.46 bits per heavy atom. The number of fused-ring (bicyclic) bond motifs is 3. The summed E-state index contributed by atoms with van der Waals surface area (Å²) in [5.41, 5.74) is 1.80. The number of nitrogens with one attached hydrogen (secondary N) is 2. The number of hydrogen-bond donors (Lipinski definition) is 2. The first-order valence-corrected chi connectivity index (χ1v) is 12.5. The Morgan fingerprint density at radius 1 is 1.05 bits per heavy atom. The summed E-state index contributed by atoms with van der Waals surface area (Å²) < 4.78 is 3.79. The molecule has 0 saturated heterocycles. The SMILES string of the molecule is CCCn1c(=O)c2ccc(C(=O)NC(C)CC)cc2n2c(=O)n(CC(=O)NCc3ccc(C)cc3)nc12. The van der Waals surface area contributed by atoms with Gasteiger partial charge in [-0.25, -0.2) is 13.9 Å². The van der Waals surface area contributed by atoms with Crippen LogP contribution in [0.2, 0.25) is 0 Å². The number of rotatable bonds is 9. The Morgan fingerprint density at radius 2 is 1.78 bits per heavy atom. The molecule has 2 amide bonds. The monoisotopic (exact) mass is 504 g/mol. The molecule has 2 N–H and O–H groups in total. The lowest BCUT2D eigenvalue weighted by atomic mass is 10.1. The lowest BCUT2D eigenvalue weighted by molar-refractivity contribution is -0.122. The van der Waals surface area contributed by atoms with Gasteiger partial charge in [0.1, 0.15) is 6.54 Å². The highest BCUT2D eigenvalue weighted by atomic mass is 16.2. The van der Waals surface area contributed by atoms with Crippen molar-refractivity contribution in [1.82, 2.24) is 29.4 Å². The summed E-state index contributed by atoms with van der Waals surface area (Å²) in [7, 11) is 0.